The number of aromatic nitrogens is 1. The second-order valence-corrected chi connectivity index (χ2v) is 10.3. The molecule has 3 aromatic rings. The monoisotopic (exact) mass is 491 g/mol. The molecule has 10 heteroatoms. The van der Waals surface area contributed by atoms with Crippen LogP contribution < -0.4 is 5.32 Å². The molecule has 7 nitrogen and oxygen atoms in total. The molecule has 1 aromatic heterocycles. The topological polar surface area (TPSA) is 92.5 Å². The third-order valence-corrected chi connectivity index (χ3v) is 8.02. The summed E-state index contributed by atoms with van der Waals surface area (Å²) >= 11 is 6.15. The highest BCUT2D eigenvalue weighted by molar-refractivity contribution is 7.89. The molecule has 2 heterocycles. The van der Waals surface area contributed by atoms with Gasteiger partial charge in [0.05, 0.1) is 15.5 Å². The summed E-state index contributed by atoms with van der Waals surface area (Å²) < 4.78 is 47.4. The fourth-order valence-electron chi connectivity index (χ4n) is 3.93. The number of amides is 1. The van der Waals surface area contributed by atoms with Gasteiger partial charge in [-0.15, -0.1) is 0 Å². The maximum Gasteiger partial charge on any atom is 0.261 e. The van der Waals surface area contributed by atoms with Crippen LogP contribution in [0.2, 0.25) is 5.02 Å². The third kappa shape index (κ3) is 4.53. The van der Waals surface area contributed by atoms with Gasteiger partial charge in [0.2, 0.25) is 10.0 Å². The number of halogens is 2. The van der Waals surface area contributed by atoms with Gasteiger partial charge in [0, 0.05) is 18.8 Å². The van der Waals surface area contributed by atoms with E-state index in [0.717, 1.165) is 19.3 Å². The molecule has 2 aromatic carbocycles. The average molecular weight is 492 g/mol. The van der Waals surface area contributed by atoms with Crippen molar-refractivity contribution in [2.75, 3.05) is 18.4 Å². The van der Waals surface area contributed by atoms with Crippen LogP contribution in [0.3, 0.4) is 0 Å². The van der Waals surface area contributed by atoms with Crippen molar-refractivity contribution in [1.29, 1.82) is 0 Å². The third-order valence-electron chi connectivity index (χ3n) is 5.67. The van der Waals surface area contributed by atoms with E-state index < -0.39 is 21.7 Å². The molecule has 4 rings (SSSR count). The van der Waals surface area contributed by atoms with E-state index in [4.69, 9.17) is 16.1 Å². The van der Waals surface area contributed by atoms with Crippen LogP contribution in [0.5, 0.6) is 0 Å². The van der Waals surface area contributed by atoms with Gasteiger partial charge in [-0.1, -0.05) is 35.3 Å². The predicted molar refractivity (Wildman–Crippen MR) is 123 cm³/mol. The molecular weight excluding hydrogens is 469 g/mol. The summed E-state index contributed by atoms with van der Waals surface area (Å²) in [6.45, 7) is 4.20. The lowest BCUT2D eigenvalue weighted by Crippen LogP contribution is -2.36. The summed E-state index contributed by atoms with van der Waals surface area (Å²) in [5, 5.41) is 6.61. The molecule has 1 aliphatic heterocycles. The number of piperidine rings is 1. The molecule has 0 unspecified atom stereocenters. The highest BCUT2D eigenvalue weighted by atomic mass is 35.5. The van der Waals surface area contributed by atoms with Crippen molar-refractivity contribution in [1.82, 2.24) is 9.46 Å². The Bertz CT molecular complexity index is 1300. The van der Waals surface area contributed by atoms with Gasteiger partial charge in [-0.3, -0.25) is 4.79 Å². The van der Waals surface area contributed by atoms with Crippen molar-refractivity contribution in [3.8, 4) is 11.3 Å². The lowest BCUT2D eigenvalue weighted by atomic mass is 10.0. The fraction of sp³-hybridized carbons (Fsp3) is 0.304. The van der Waals surface area contributed by atoms with Crippen molar-refractivity contribution in [3.05, 3.63) is 64.1 Å². The Morgan fingerprint density at radius 1 is 1.15 bits per heavy atom. The van der Waals surface area contributed by atoms with Gasteiger partial charge in [-0.25, -0.2) is 12.8 Å². The molecule has 1 fully saturated rings. The number of carbonyl (C=O) groups excluding carboxylic acids is 1. The summed E-state index contributed by atoms with van der Waals surface area (Å²) in [6.07, 6.45) is 2.65. The molecule has 1 aliphatic rings. The number of benzene rings is 2. The zero-order valence-electron chi connectivity index (χ0n) is 18.2. The van der Waals surface area contributed by atoms with Crippen molar-refractivity contribution < 1.29 is 22.1 Å². The Balaban J connectivity index is 1.67. The van der Waals surface area contributed by atoms with Gasteiger partial charge in [0.25, 0.3) is 5.91 Å². The summed E-state index contributed by atoms with van der Waals surface area (Å²) in [6, 6.07) is 8.84. The Morgan fingerprint density at radius 2 is 1.88 bits per heavy atom. The summed E-state index contributed by atoms with van der Waals surface area (Å²) in [7, 11) is -3.69. The largest absolute Gasteiger partial charge is 0.360 e. The number of aryl methyl sites for hydroxylation is 2. The second-order valence-electron chi connectivity index (χ2n) is 7.96. The number of hydrogen-bond donors (Lipinski definition) is 1. The molecule has 0 radical (unpaired) electrons. The Labute approximate surface area is 196 Å². The van der Waals surface area contributed by atoms with Gasteiger partial charge < -0.3 is 9.84 Å². The van der Waals surface area contributed by atoms with Gasteiger partial charge in [-0.05, 0) is 56.5 Å². The quantitative estimate of drug-likeness (QED) is 0.531. The van der Waals surface area contributed by atoms with E-state index in [1.54, 1.807) is 19.1 Å². The molecule has 0 saturated carbocycles. The summed E-state index contributed by atoms with van der Waals surface area (Å²) in [4.78, 5) is 13.3. The molecule has 0 spiro atoms. The predicted octanol–water partition coefficient (Wildman–Crippen LogP) is 5.18. The van der Waals surface area contributed by atoms with Gasteiger partial charge in [0.15, 0.2) is 0 Å². The maximum atomic E-state index is 14.5. The highest BCUT2D eigenvalue weighted by Gasteiger charge is 2.29. The van der Waals surface area contributed by atoms with Crippen LogP contribution in [0.15, 0.2) is 45.8 Å². The first-order chi connectivity index (χ1) is 15.7. The highest BCUT2D eigenvalue weighted by Crippen LogP contribution is 2.34. The van der Waals surface area contributed by atoms with E-state index in [2.05, 4.69) is 10.5 Å². The van der Waals surface area contributed by atoms with E-state index >= 15 is 0 Å². The van der Waals surface area contributed by atoms with Crippen LogP contribution >= 0.6 is 11.6 Å². The van der Waals surface area contributed by atoms with E-state index in [0.29, 0.717) is 18.7 Å². The number of nitrogens with zero attached hydrogens (tertiary/aromatic N) is 2. The molecule has 0 aliphatic carbocycles. The second kappa shape index (κ2) is 9.24. The molecule has 1 amide bonds. The SMILES string of the molecule is Cc1ccc(NC(=O)c2c(-c3c(F)cccc3Cl)noc2C)cc1S(=O)(=O)N1CCCCC1. The van der Waals surface area contributed by atoms with Crippen LogP contribution in [-0.4, -0.2) is 36.9 Å². The number of carbonyl (C=O) groups is 1. The Hall–Kier alpha value is -2.75. The van der Waals surface area contributed by atoms with Crippen LogP contribution in [-0.2, 0) is 10.0 Å². The van der Waals surface area contributed by atoms with Crippen LogP contribution in [0, 0.1) is 19.7 Å². The number of nitrogens with one attached hydrogen (secondary N) is 1. The average Bonchev–Trinajstić information content (AvgIpc) is 3.16. The first-order valence-electron chi connectivity index (χ1n) is 10.5. The number of hydrogen-bond acceptors (Lipinski definition) is 5. The van der Waals surface area contributed by atoms with Gasteiger partial charge in [-0.2, -0.15) is 4.31 Å². The van der Waals surface area contributed by atoms with Crippen molar-refractivity contribution >= 4 is 33.2 Å². The van der Waals surface area contributed by atoms with Gasteiger partial charge in [0.1, 0.15) is 22.8 Å². The van der Waals surface area contributed by atoms with E-state index in [9.17, 15) is 17.6 Å². The molecule has 0 bridgehead atoms. The first kappa shape index (κ1) is 23.4. The van der Waals surface area contributed by atoms with E-state index in [-0.39, 0.29) is 38.2 Å². The van der Waals surface area contributed by atoms with Crippen LogP contribution in [0.25, 0.3) is 11.3 Å². The van der Waals surface area contributed by atoms with Gasteiger partial charge >= 0.3 is 0 Å². The van der Waals surface area contributed by atoms with Crippen molar-refractivity contribution in [2.45, 2.75) is 38.0 Å². The van der Waals surface area contributed by atoms with E-state index in [1.165, 1.54) is 35.5 Å². The minimum atomic E-state index is -3.69. The lowest BCUT2D eigenvalue weighted by Gasteiger charge is -2.26. The maximum absolute atomic E-state index is 14.5. The summed E-state index contributed by atoms with van der Waals surface area (Å²) in [5.74, 6) is -1.08. The molecule has 0 atom stereocenters. The number of sulfonamides is 1. The molecule has 1 saturated heterocycles. The first-order valence-corrected chi connectivity index (χ1v) is 12.3. The molecule has 33 heavy (non-hydrogen) atoms. The molecular formula is C23H23ClFN3O4S. The van der Waals surface area contributed by atoms with Crippen LogP contribution in [0.1, 0.15) is 40.9 Å². The standard InChI is InChI=1S/C23H23ClFN3O4S/c1-14-9-10-16(13-19(14)33(30,31)28-11-4-3-5-12-28)26-23(29)20-15(2)32-27-22(20)21-17(24)7-6-8-18(21)25/h6-10,13H,3-5,11-12H2,1-2H3,(H,26,29). The van der Waals surface area contributed by atoms with Crippen molar-refractivity contribution in [3.63, 3.8) is 0 Å². The fourth-order valence-corrected chi connectivity index (χ4v) is 5.95. The molecule has 174 valence electrons. The Morgan fingerprint density at radius 3 is 2.58 bits per heavy atom. The zero-order valence-corrected chi connectivity index (χ0v) is 19.8. The smallest absolute Gasteiger partial charge is 0.261 e. The number of rotatable bonds is 5. The summed E-state index contributed by atoms with van der Waals surface area (Å²) in [5.41, 5.74) is 0.814. The Kier molecular flexibility index (Phi) is 6.56. The minimum absolute atomic E-state index is 0.0167. The van der Waals surface area contributed by atoms with E-state index in [1.807, 2.05) is 0 Å². The lowest BCUT2D eigenvalue weighted by molar-refractivity contribution is 0.102. The zero-order chi connectivity index (χ0) is 23.8. The normalized spacial score (nSPS) is 14.9. The minimum Gasteiger partial charge on any atom is -0.360 e. The number of anilines is 1. The van der Waals surface area contributed by atoms with Crippen molar-refractivity contribution in [2.24, 2.45) is 0 Å². The molecule has 1 N–H and O–H groups in total. The van der Waals surface area contributed by atoms with Crippen LogP contribution in [0.4, 0.5) is 10.1 Å².